The molecule has 0 unspecified atom stereocenters. The molecular weight excluding hydrogens is 438 g/mol. The van der Waals surface area contributed by atoms with E-state index in [9.17, 15) is 14.4 Å². The van der Waals surface area contributed by atoms with Crippen molar-refractivity contribution in [2.75, 3.05) is 26.4 Å². The van der Waals surface area contributed by atoms with Crippen LogP contribution in [0, 0.1) is 5.41 Å². The van der Waals surface area contributed by atoms with E-state index in [1.54, 1.807) is 0 Å². The maximum absolute atomic E-state index is 10.9. The number of rotatable bonds is 15. The van der Waals surface area contributed by atoms with Gasteiger partial charge in [0.05, 0.1) is 26.4 Å². The maximum atomic E-state index is 10.9. The minimum Gasteiger partial charge on any atom is -0.490 e. The molecule has 11 heteroatoms. The van der Waals surface area contributed by atoms with Crippen molar-refractivity contribution in [2.24, 2.45) is 5.41 Å². The highest BCUT2D eigenvalue weighted by atomic mass is 32.1. The van der Waals surface area contributed by atoms with Crippen molar-refractivity contribution in [3.05, 3.63) is 0 Å². The normalized spacial score (nSPS) is 12.9. The summed E-state index contributed by atoms with van der Waals surface area (Å²) in [5.41, 5.74) is 3.45. The van der Waals surface area contributed by atoms with Gasteiger partial charge in [-0.1, -0.05) is 0 Å². The van der Waals surface area contributed by atoms with Gasteiger partial charge in [0, 0.05) is 19.8 Å². The number of hydrogen-bond donors (Lipinski definition) is 0. The second-order valence-electron chi connectivity index (χ2n) is 6.20. The second kappa shape index (κ2) is 17.2. The molecule has 0 aromatic carbocycles. The zero-order chi connectivity index (χ0) is 22.0. The average Bonchev–Trinajstić information content (AvgIpc) is 3.07. The van der Waals surface area contributed by atoms with Crippen LogP contribution < -0.4 is 0 Å². The lowest BCUT2D eigenvalue weighted by Crippen LogP contribution is -2.27. The number of amides is 1. The lowest BCUT2D eigenvalue weighted by molar-refractivity contribution is -0.190. The molecule has 0 spiro atoms. The molecule has 0 aromatic rings. The van der Waals surface area contributed by atoms with Gasteiger partial charge in [0.2, 0.25) is 0 Å². The molecule has 164 valence electrons. The number of hydroxylamine groups is 2. The highest BCUT2D eigenvalue weighted by Gasteiger charge is 2.29. The summed E-state index contributed by atoms with van der Waals surface area (Å²) in [7, 11) is 0. The smallest absolute Gasteiger partial charge is 0.329 e. The molecule has 0 N–H and O–H groups in total. The Morgan fingerprint density at radius 2 is 1.52 bits per heavy atom. The molecular formula is C18H27NO7S3. The van der Waals surface area contributed by atoms with Gasteiger partial charge >= 0.3 is 5.97 Å². The fourth-order valence-corrected chi connectivity index (χ4v) is 2.99. The number of ether oxygens (including phenoxy) is 3. The van der Waals surface area contributed by atoms with Crippen LogP contribution in [0.1, 0.15) is 45.4 Å². The summed E-state index contributed by atoms with van der Waals surface area (Å²) in [6.45, 7) is 3.22. The Balaban J connectivity index is 0.000000651. The van der Waals surface area contributed by atoms with Crippen molar-refractivity contribution in [3.8, 4) is 0 Å². The van der Waals surface area contributed by atoms with Crippen molar-refractivity contribution in [2.45, 2.75) is 45.4 Å². The van der Waals surface area contributed by atoms with Gasteiger partial charge < -0.3 is 23.8 Å². The van der Waals surface area contributed by atoms with E-state index in [4.69, 9.17) is 14.2 Å². The lowest BCUT2D eigenvalue weighted by atomic mass is 9.76. The largest absolute Gasteiger partial charge is 0.490 e. The van der Waals surface area contributed by atoms with E-state index in [2.05, 4.69) is 41.5 Å². The summed E-state index contributed by atoms with van der Waals surface area (Å²) in [4.78, 5) is 36.6. The first kappa shape index (κ1) is 27.3. The fourth-order valence-electron chi connectivity index (χ4n) is 2.70. The molecule has 8 nitrogen and oxygen atoms in total. The first-order valence-corrected chi connectivity index (χ1v) is 10.4. The first-order chi connectivity index (χ1) is 13.9. The summed E-state index contributed by atoms with van der Waals surface area (Å²) in [5, 5.41) is 1.11. The second-order valence-corrected chi connectivity index (χ2v) is 6.78. The number of carbonyl (C=O) groups excluding carboxylic acids is 3. The molecule has 1 aliphatic heterocycles. The molecule has 0 aromatic heterocycles. The van der Waals surface area contributed by atoms with Gasteiger partial charge in [-0.3, -0.25) is 9.59 Å². The molecule has 0 bridgehead atoms. The van der Waals surface area contributed by atoms with Gasteiger partial charge in [0.15, 0.2) is 0 Å². The topological polar surface area (TPSA) is 91.4 Å². The van der Waals surface area contributed by atoms with Crippen molar-refractivity contribution >= 4 is 71.5 Å². The molecule has 1 aliphatic rings. The standard InChI is InChI=1S/C12H18O4S3.C6H9NO3/c13-5-1-12(2-6-14-9-17,3-7-15-10-18)4-8-16-11-19;1-5(8)10-7-4-2-3-6(7)9/h5,9-11H,1-4,6-8H2;2-4H2,1H3. The monoisotopic (exact) mass is 465 g/mol. The Kier molecular flexibility index (Phi) is 16.1. The fraction of sp³-hybridized carbons (Fsp3) is 0.667. The Bertz CT molecular complexity index is 510. The van der Waals surface area contributed by atoms with E-state index in [1.807, 2.05) is 0 Å². The number of aldehydes is 1. The summed E-state index contributed by atoms with van der Waals surface area (Å²) >= 11 is 13.8. The van der Waals surface area contributed by atoms with Gasteiger partial charge in [0.1, 0.15) is 22.9 Å². The van der Waals surface area contributed by atoms with Gasteiger partial charge in [-0.05, 0) is 67.8 Å². The molecule has 1 rings (SSSR count). The van der Waals surface area contributed by atoms with Crippen LogP contribution in [0.5, 0.6) is 0 Å². The molecule has 29 heavy (non-hydrogen) atoms. The van der Waals surface area contributed by atoms with Crippen LogP contribution in [0.4, 0.5) is 0 Å². The average molecular weight is 466 g/mol. The minimum absolute atomic E-state index is 0.102. The van der Waals surface area contributed by atoms with Gasteiger partial charge in [0.25, 0.3) is 5.91 Å². The quantitative estimate of drug-likeness (QED) is 0.204. The highest BCUT2D eigenvalue weighted by molar-refractivity contribution is 7.79. The Morgan fingerprint density at radius 1 is 1.03 bits per heavy atom. The third-order valence-electron chi connectivity index (χ3n) is 4.24. The number of carbonyl (C=O) groups is 3. The van der Waals surface area contributed by atoms with Gasteiger partial charge in [-0.25, -0.2) is 0 Å². The van der Waals surface area contributed by atoms with E-state index >= 15 is 0 Å². The maximum Gasteiger partial charge on any atom is 0.329 e. The molecule has 0 atom stereocenters. The molecule has 1 fully saturated rings. The van der Waals surface area contributed by atoms with Crippen LogP contribution in [0.25, 0.3) is 0 Å². The summed E-state index contributed by atoms with van der Waals surface area (Å²) in [5.74, 6) is -0.537. The predicted molar refractivity (Wildman–Crippen MR) is 118 cm³/mol. The number of thiocarbonyl (C=S) groups is 3. The molecule has 1 saturated heterocycles. The minimum atomic E-state index is -0.435. The Morgan fingerprint density at radius 3 is 1.83 bits per heavy atom. The molecule has 1 heterocycles. The van der Waals surface area contributed by atoms with Crippen molar-refractivity contribution in [3.63, 3.8) is 0 Å². The molecule has 0 aliphatic carbocycles. The zero-order valence-corrected chi connectivity index (χ0v) is 18.9. The highest BCUT2D eigenvalue weighted by Crippen LogP contribution is 2.34. The molecule has 1 amide bonds. The molecule has 0 radical (unpaired) electrons. The van der Waals surface area contributed by atoms with Crippen molar-refractivity contribution in [1.82, 2.24) is 5.06 Å². The molecule has 0 saturated carbocycles. The summed E-state index contributed by atoms with van der Waals surface area (Å²) < 4.78 is 15.3. The lowest BCUT2D eigenvalue weighted by Gasteiger charge is -2.31. The van der Waals surface area contributed by atoms with Crippen LogP contribution in [0.2, 0.25) is 0 Å². The van der Waals surface area contributed by atoms with Crippen LogP contribution >= 0.6 is 36.7 Å². The summed E-state index contributed by atoms with van der Waals surface area (Å²) in [6.07, 6.45) is 4.68. The number of nitrogens with zero attached hydrogens (tertiary/aromatic N) is 1. The van der Waals surface area contributed by atoms with Crippen molar-refractivity contribution < 1.29 is 33.4 Å². The van der Waals surface area contributed by atoms with Crippen LogP contribution in [-0.2, 0) is 33.4 Å². The first-order valence-electron chi connectivity index (χ1n) is 9.03. The van der Waals surface area contributed by atoms with Crippen LogP contribution in [0.3, 0.4) is 0 Å². The Hall–Kier alpha value is -1.72. The number of hydrogen-bond acceptors (Lipinski definition) is 10. The van der Waals surface area contributed by atoms with Crippen LogP contribution in [0.15, 0.2) is 0 Å². The van der Waals surface area contributed by atoms with E-state index in [1.165, 1.54) is 23.6 Å². The van der Waals surface area contributed by atoms with Gasteiger partial charge in [-0.15, -0.1) is 0 Å². The van der Waals surface area contributed by atoms with E-state index in [0.29, 0.717) is 58.5 Å². The Labute approximate surface area is 187 Å². The van der Waals surface area contributed by atoms with E-state index in [0.717, 1.165) is 17.8 Å². The van der Waals surface area contributed by atoms with Crippen molar-refractivity contribution in [1.29, 1.82) is 0 Å². The third kappa shape index (κ3) is 13.2. The third-order valence-corrected chi connectivity index (χ3v) is 4.65. The van der Waals surface area contributed by atoms with E-state index in [-0.39, 0.29) is 11.3 Å². The SMILES string of the molecule is CC(=O)ON1CCCC1=O.O=CCC(CCOC=S)(CCOC=S)CCOC=S. The van der Waals surface area contributed by atoms with Crippen LogP contribution in [-0.4, -0.2) is 66.3 Å². The van der Waals surface area contributed by atoms with E-state index < -0.39 is 5.97 Å². The zero-order valence-electron chi connectivity index (χ0n) is 16.4. The van der Waals surface area contributed by atoms with Gasteiger partial charge in [-0.2, -0.15) is 5.06 Å². The summed E-state index contributed by atoms with van der Waals surface area (Å²) in [6, 6.07) is 0. The predicted octanol–water partition coefficient (Wildman–Crippen LogP) is 2.74.